The molecule has 0 radical (unpaired) electrons. The highest BCUT2D eigenvalue weighted by Gasteiger charge is 2.38. The number of rotatable bonds is 8. The number of nitrogens with zero attached hydrogens (tertiary/aromatic N) is 3. The normalized spacial score (nSPS) is 17.6. The van der Waals surface area contributed by atoms with Gasteiger partial charge in [0, 0.05) is 43.8 Å². The van der Waals surface area contributed by atoms with Gasteiger partial charge in [-0.3, -0.25) is 14.5 Å². The van der Waals surface area contributed by atoms with E-state index >= 15 is 0 Å². The van der Waals surface area contributed by atoms with Crippen LogP contribution in [0.2, 0.25) is 15.1 Å². The maximum absolute atomic E-state index is 13.1. The first kappa shape index (κ1) is 27.2. The minimum atomic E-state index is -1.30. The number of hydrogen-bond donors (Lipinski definition) is 2. The van der Waals surface area contributed by atoms with Gasteiger partial charge in [0.1, 0.15) is 0 Å². The smallest absolute Gasteiger partial charge is 0.336 e. The summed E-state index contributed by atoms with van der Waals surface area (Å²) in [6, 6.07) is 8.66. The molecule has 11 heteroatoms. The van der Waals surface area contributed by atoms with E-state index in [1.165, 1.54) is 11.0 Å². The molecule has 2 amide bonds. The topological polar surface area (TPSA) is 101 Å². The molecule has 0 bridgehead atoms. The van der Waals surface area contributed by atoms with Crippen LogP contribution in [0, 0.1) is 0 Å². The maximum atomic E-state index is 13.1. The van der Waals surface area contributed by atoms with E-state index in [0.717, 1.165) is 6.07 Å². The van der Waals surface area contributed by atoms with Gasteiger partial charge in [0.25, 0.3) is 11.8 Å². The first-order chi connectivity index (χ1) is 16.5. The third-order valence-electron chi connectivity index (χ3n) is 6.10. The molecule has 1 fully saturated rings. The van der Waals surface area contributed by atoms with Crippen LogP contribution in [-0.2, 0) is 0 Å². The van der Waals surface area contributed by atoms with Gasteiger partial charge >= 0.3 is 5.97 Å². The van der Waals surface area contributed by atoms with Crippen LogP contribution < -0.4 is 0 Å². The van der Waals surface area contributed by atoms with Gasteiger partial charge in [0.15, 0.2) is 0 Å². The molecule has 2 aromatic carbocycles. The predicted molar refractivity (Wildman–Crippen MR) is 135 cm³/mol. The lowest BCUT2D eigenvalue weighted by Crippen LogP contribution is -2.47. The average Bonchev–Trinajstić information content (AvgIpc) is 3.21. The van der Waals surface area contributed by atoms with Crippen molar-refractivity contribution in [3.8, 4) is 0 Å². The Morgan fingerprint density at radius 1 is 1.00 bits per heavy atom. The van der Waals surface area contributed by atoms with Crippen LogP contribution in [-0.4, -0.2) is 94.6 Å². The number of β-amino-alcohol motifs (C(OH)–C–C–N with tert-alkyl or cyclic N) is 1. The van der Waals surface area contributed by atoms with Crippen LogP contribution in [0.5, 0.6) is 0 Å². The van der Waals surface area contributed by atoms with Gasteiger partial charge < -0.3 is 20.0 Å². The molecule has 0 aromatic heterocycles. The van der Waals surface area contributed by atoms with E-state index in [1.54, 1.807) is 36.2 Å². The van der Waals surface area contributed by atoms with Gasteiger partial charge in [0.05, 0.1) is 33.3 Å². The van der Waals surface area contributed by atoms with E-state index in [1.807, 2.05) is 11.8 Å². The fraction of sp³-hybridized carbons (Fsp3) is 0.375. The first-order valence-corrected chi connectivity index (χ1v) is 12.1. The zero-order chi connectivity index (χ0) is 25.9. The van der Waals surface area contributed by atoms with Crippen molar-refractivity contribution < 1.29 is 24.6 Å². The number of carboxylic acid groups (broad SMARTS) is 1. The van der Waals surface area contributed by atoms with E-state index < -0.39 is 18.0 Å². The summed E-state index contributed by atoms with van der Waals surface area (Å²) >= 11 is 17.8. The third-order valence-corrected chi connectivity index (χ3v) is 7.08. The van der Waals surface area contributed by atoms with Crippen LogP contribution in [0.3, 0.4) is 0 Å². The molecule has 0 aliphatic carbocycles. The van der Waals surface area contributed by atoms with Crippen molar-refractivity contribution in [2.45, 2.75) is 19.1 Å². The third kappa shape index (κ3) is 6.26. The van der Waals surface area contributed by atoms with Crippen molar-refractivity contribution in [3.05, 3.63) is 68.2 Å². The summed E-state index contributed by atoms with van der Waals surface area (Å²) in [5.41, 5.74) is 0.182. The SMILES string of the molecule is CCN(CCN(C)C(=O)c1ccc(Cl)cc1)[C@@H]1CN(C(=O)c2cc(Cl)c(Cl)cc2C(=O)O)C[C@H]1O. The number of carbonyl (C=O) groups is 3. The van der Waals surface area contributed by atoms with Crippen LogP contribution in [0.25, 0.3) is 0 Å². The molecule has 3 rings (SSSR count). The standard InChI is InChI=1S/C24H26Cl3N3O5/c1-3-29(9-8-28(2)22(32)14-4-6-15(25)7-5-14)20-12-30(13-21(20)31)23(33)16-10-18(26)19(27)11-17(16)24(34)35/h4-7,10-11,20-21,31H,3,8-9,12-13H2,1-2H3,(H,34,35)/t20-,21-/m1/s1. The van der Waals surface area contributed by atoms with Gasteiger partial charge in [0.2, 0.25) is 0 Å². The monoisotopic (exact) mass is 541 g/mol. The fourth-order valence-electron chi connectivity index (χ4n) is 4.12. The summed E-state index contributed by atoms with van der Waals surface area (Å²) in [5, 5.41) is 20.9. The summed E-state index contributed by atoms with van der Waals surface area (Å²) in [4.78, 5) is 42.5. The highest BCUT2D eigenvalue weighted by atomic mass is 35.5. The lowest BCUT2D eigenvalue weighted by molar-refractivity contribution is 0.0674. The van der Waals surface area contributed by atoms with Gasteiger partial charge in [-0.1, -0.05) is 41.7 Å². The Morgan fingerprint density at radius 2 is 1.60 bits per heavy atom. The number of hydrogen-bond acceptors (Lipinski definition) is 5. The van der Waals surface area contributed by atoms with Gasteiger partial charge in [-0.2, -0.15) is 0 Å². The molecule has 2 aromatic rings. The molecule has 1 aliphatic heterocycles. The quantitative estimate of drug-likeness (QED) is 0.528. The van der Waals surface area contributed by atoms with Crippen LogP contribution in [0.1, 0.15) is 38.0 Å². The van der Waals surface area contributed by atoms with E-state index in [4.69, 9.17) is 34.8 Å². The highest BCUT2D eigenvalue weighted by molar-refractivity contribution is 6.42. The first-order valence-electron chi connectivity index (χ1n) is 11.0. The molecule has 1 aliphatic rings. The zero-order valence-corrected chi connectivity index (χ0v) is 21.5. The molecule has 35 heavy (non-hydrogen) atoms. The molecule has 0 unspecified atom stereocenters. The van der Waals surface area contributed by atoms with Crippen LogP contribution in [0.4, 0.5) is 0 Å². The highest BCUT2D eigenvalue weighted by Crippen LogP contribution is 2.28. The molecule has 1 saturated heterocycles. The maximum Gasteiger partial charge on any atom is 0.336 e. The second kappa shape index (κ2) is 11.6. The summed E-state index contributed by atoms with van der Waals surface area (Å²) in [5.74, 6) is -2.00. The zero-order valence-electron chi connectivity index (χ0n) is 19.2. The average molecular weight is 543 g/mol. The Hall–Kier alpha value is -2.36. The second-order valence-electron chi connectivity index (χ2n) is 8.32. The van der Waals surface area contributed by atoms with Crippen molar-refractivity contribution in [2.24, 2.45) is 0 Å². The molecule has 1 heterocycles. The Balaban J connectivity index is 1.68. The Morgan fingerprint density at radius 3 is 2.17 bits per heavy atom. The van der Waals surface area contributed by atoms with Crippen molar-refractivity contribution in [1.29, 1.82) is 0 Å². The minimum Gasteiger partial charge on any atom is -0.478 e. The largest absolute Gasteiger partial charge is 0.478 e. The fourth-order valence-corrected chi connectivity index (χ4v) is 4.57. The van der Waals surface area contributed by atoms with Crippen molar-refractivity contribution in [2.75, 3.05) is 39.8 Å². The number of likely N-dealkylation sites (N-methyl/N-ethyl adjacent to an activating group) is 2. The molecule has 8 nitrogen and oxygen atoms in total. The molecule has 2 N–H and O–H groups in total. The number of benzene rings is 2. The van der Waals surface area contributed by atoms with E-state index in [-0.39, 0.29) is 46.2 Å². The molecule has 0 saturated carbocycles. The van der Waals surface area contributed by atoms with Crippen molar-refractivity contribution in [3.63, 3.8) is 0 Å². The number of halogens is 3. The molecular weight excluding hydrogens is 517 g/mol. The van der Waals surface area contributed by atoms with E-state index in [2.05, 4.69) is 0 Å². The summed E-state index contributed by atoms with van der Waals surface area (Å²) < 4.78 is 0. The second-order valence-corrected chi connectivity index (χ2v) is 9.57. The van der Waals surface area contributed by atoms with Gasteiger partial charge in [-0.15, -0.1) is 0 Å². The molecule has 0 spiro atoms. The number of aromatic carboxylic acids is 1. The number of amides is 2. The van der Waals surface area contributed by atoms with Crippen molar-refractivity contribution in [1.82, 2.24) is 14.7 Å². The number of carboxylic acids is 1. The van der Waals surface area contributed by atoms with E-state index in [9.17, 15) is 24.6 Å². The Bertz CT molecular complexity index is 1110. The lowest BCUT2D eigenvalue weighted by Gasteiger charge is -2.31. The lowest BCUT2D eigenvalue weighted by atomic mass is 10.1. The Labute approximate surface area is 218 Å². The molecule has 188 valence electrons. The minimum absolute atomic E-state index is 0.0365. The summed E-state index contributed by atoms with van der Waals surface area (Å²) in [7, 11) is 1.70. The Kier molecular flexibility index (Phi) is 9.01. The molecule has 2 atom stereocenters. The number of likely N-dealkylation sites (tertiary alicyclic amines) is 1. The van der Waals surface area contributed by atoms with Crippen LogP contribution in [0.15, 0.2) is 36.4 Å². The summed E-state index contributed by atoms with van der Waals surface area (Å²) in [6.45, 7) is 3.63. The summed E-state index contributed by atoms with van der Waals surface area (Å²) in [6.07, 6.45) is -0.841. The number of carbonyl (C=O) groups excluding carboxylic acids is 2. The predicted octanol–water partition coefficient (Wildman–Crippen LogP) is 3.62. The van der Waals surface area contributed by atoms with Crippen molar-refractivity contribution >= 4 is 52.6 Å². The molecular formula is C24H26Cl3N3O5. The van der Waals surface area contributed by atoms with Gasteiger partial charge in [-0.05, 0) is 42.9 Å². The van der Waals surface area contributed by atoms with E-state index in [0.29, 0.717) is 30.2 Å². The van der Waals surface area contributed by atoms with Gasteiger partial charge in [-0.25, -0.2) is 4.79 Å². The number of aliphatic hydroxyl groups is 1. The number of aliphatic hydroxyl groups excluding tert-OH is 1. The van der Waals surface area contributed by atoms with Crippen LogP contribution >= 0.6 is 34.8 Å².